The summed E-state index contributed by atoms with van der Waals surface area (Å²) in [5.74, 6) is 0.153. The number of ether oxygens (including phenoxy) is 1. The molecule has 0 aliphatic carbocycles. The van der Waals surface area contributed by atoms with E-state index in [4.69, 9.17) is 4.74 Å². The van der Waals surface area contributed by atoms with Crippen molar-refractivity contribution < 1.29 is 14.3 Å². The average Bonchev–Trinajstić information content (AvgIpc) is 2.80. The van der Waals surface area contributed by atoms with Crippen molar-refractivity contribution in [3.05, 3.63) is 95.1 Å². The molecule has 0 fully saturated rings. The number of aryl methyl sites for hydroxylation is 1. The van der Waals surface area contributed by atoms with E-state index in [9.17, 15) is 9.59 Å². The van der Waals surface area contributed by atoms with Gasteiger partial charge in [0.25, 0.3) is 11.8 Å². The van der Waals surface area contributed by atoms with Crippen LogP contribution in [0, 0.1) is 13.8 Å². The van der Waals surface area contributed by atoms with Crippen molar-refractivity contribution in [2.24, 2.45) is 0 Å². The first-order valence-electron chi connectivity index (χ1n) is 10.9. The zero-order chi connectivity index (χ0) is 23.1. The molecule has 2 atom stereocenters. The van der Waals surface area contributed by atoms with E-state index in [0.717, 1.165) is 16.7 Å². The molecule has 3 rings (SSSR count). The highest BCUT2D eigenvalue weighted by molar-refractivity contribution is 6.04. The van der Waals surface area contributed by atoms with Crippen molar-refractivity contribution in [1.82, 2.24) is 5.32 Å². The Morgan fingerprint density at radius 3 is 2.31 bits per heavy atom. The Labute approximate surface area is 189 Å². The number of para-hydroxylation sites is 1. The van der Waals surface area contributed by atoms with E-state index in [2.05, 4.69) is 10.6 Å². The van der Waals surface area contributed by atoms with Gasteiger partial charge in [-0.15, -0.1) is 0 Å². The first-order valence-corrected chi connectivity index (χ1v) is 10.9. The predicted octanol–water partition coefficient (Wildman–Crippen LogP) is 5.59. The number of anilines is 1. The third-order valence-electron chi connectivity index (χ3n) is 5.56. The van der Waals surface area contributed by atoms with Crippen molar-refractivity contribution in [2.75, 3.05) is 5.32 Å². The molecular weight excluding hydrogens is 400 g/mol. The summed E-state index contributed by atoms with van der Waals surface area (Å²) in [6.45, 7) is 7.81. The molecule has 2 amide bonds. The van der Waals surface area contributed by atoms with Crippen LogP contribution in [0.2, 0.25) is 0 Å². The molecule has 0 bridgehead atoms. The Kier molecular flexibility index (Phi) is 7.66. The third kappa shape index (κ3) is 5.55. The minimum Gasteiger partial charge on any atom is -0.480 e. The van der Waals surface area contributed by atoms with Crippen molar-refractivity contribution in [3.63, 3.8) is 0 Å². The SMILES string of the molecule is CC[C@@H](Oc1cccc(C)c1C)C(=O)Nc1ccccc1C(=O)N[C@H](C)c1ccccc1. The number of benzene rings is 3. The number of amides is 2. The monoisotopic (exact) mass is 430 g/mol. The average molecular weight is 431 g/mol. The van der Waals surface area contributed by atoms with Crippen LogP contribution in [0.1, 0.15) is 53.4 Å². The van der Waals surface area contributed by atoms with Crippen LogP contribution in [-0.4, -0.2) is 17.9 Å². The smallest absolute Gasteiger partial charge is 0.265 e. The van der Waals surface area contributed by atoms with E-state index in [-0.39, 0.29) is 17.9 Å². The fourth-order valence-electron chi connectivity index (χ4n) is 3.43. The molecule has 0 unspecified atom stereocenters. The second kappa shape index (κ2) is 10.6. The summed E-state index contributed by atoms with van der Waals surface area (Å²) in [7, 11) is 0. The first kappa shape index (κ1) is 23.1. The third-order valence-corrected chi connectivity index (χ3v) is 5.56. The van der Waals surface area contributed by atoms with Gasteiger partial charge in [0, 0.05) is 0 Å². The van der Waals surface area contributed by atoms with Crippen molar-refractivity contribution in [1.29, 1.82) is 0 Å². The van der Waals surface area contributed by atoms with E-state index in [0.29, 0.717) is 23.4 Å². The standard InChI is InChI=1S/C27H30N2O3/c1-5-24(32-25-17-11-12-18(2)19(25)3)27(31)29-23-16-10-9-15-22(23)26(30)28-20(4)21-13-7-6-8-14-21/h6-17,20,24H,5H2,1-4H3,(H,28,30)(H,29,31)/t20-,24-/m1/s1. The zero-order valence-corrected chi connectivity index (χ0v) is 19.0. The Balaban J connectivity index is 1.73. The van der Waals surface area contributed by atoms with Crippen LogP contribution in [0.3, 0.4) is 0 Å². The predicted molar refractivity (Wildman–Crippen MR) is 128 cm³/mol. The van der Waals surface area contributed by atoms with Crippen LogP contribution in [0.25, 0.3) is 0 Å². The summed E-state index contributed by atoms with van der Waals surface area (Å²) in [5.41, 5.74) is 3.99. The van der Waals surface area contributed by atoms with Crippen LogP contribution in [0.5, 0.6) is 5.75 Å². The lowest BCUT2D eigenvalue weighted by molar-refractivity contribution is -0.122. The lowest BCUT2D eigenvalue weighted by Crippen LogP contribution is -2.34. The topological polar surface area (TPSA) is 67.4 Å². The number of hydrogen-bond acceptors (Lipinski definition) is 3. The summed E-state index contributed by atoms with van der Waals surface area (Å²) in [6, 6.07) is 22.4. The van der Waals surface area contributed by atoms with Crippen LogP contribution in [0.15, 0.2) is 72.8 Å². The number of hydrogen-bond donors (Lipinski definition) is 2. The van der Waals surface area contributed by atoms with Crippen LogP contribution < -0.4 is 15.4 Å². The Hall–Kier alpha value is -3.60. The lowest BCUT2D eigenvalue weighted by Gasteiger charge is -2.20. The van der Waals surface area contributed by atoms with Gasteiger partial charge in [-0.25, -0.2) is 0 Å². The molecule has 0 saturated carbocycles. The van der Waals surface area contributed by atoms with Gasteiger partial charge in [0.2, 0.25) is 0 Å². The number of nitrogens with one attached hydrogen (secondary N) is 2. The Morgan fingerprint density at radius 1 is 0.906 bits per heavy atom. The van der Waals surface area contributed by atoms with Crippen LogP contribution in [0.4, 0.5) is 5.69 Å². The Morgan fingerprint density at radius 2 is 1.59 bits per heavy atom. The van der Waals surface area contributed by atoms with Crippen LogP contribution >= 0.6 is 0 Å². The summed E-state index contributed by atoms with van der Waals surface area (Å²) in [4.78, 5) is 25.9. The maximum absolute atomic E-state index is 13.0. The number of rotatable bonds is 8. The lowest BCUT2D eigenvalue weighted by atomic mass is 10.1. The number of carbonyl (C=O) groups excluding carboxylic acids is 2. The van der Waals surface area contributed by atoms with Gasteiger partial charge in [-0.3, -0.25) is 9.59 Å². The molecular formula is C27H30N2O3. The van der Waals surface area contributed by atoms with Gasteiger partial charge in [0.15, 0.2) is 6.10 Å². The molecule has 5 heteroatoms. The van der Waals surface area contributed by atoms with Gasteiger partial charge in [-0.2, -0.15) is 0 Å². The number of carbonyl (C=O) groups is 2. The van der Waals surface area contributed by atoms with Crippen molar-refractivity contribution >= 4 is 17.5 Å². The summed E-state index contributed by atoms with van der Waals surface area (Å²) in [6.07, 6.45) is -0.173. The van der Waals surface area contributed by atoms with E-state index < -0.39 is 6.10 Å². The van der Waals surface area contributed by atoms with Gasteiger partial charge < -0.3 is 15.4 Å². The molecule has 32 heavy (non-hydrogen) atoms. The molecule has 166 valence electrons. The summed E-state index contributed by atoms with van der Waals surface area (Å²) < 4.78 is 6.02. The van der Waals surface area contributed by atoms with Crippen molar-refractivity contribution in [3.8, 4) is 5.75 Å². The molecule has 0 heterocycles. The largest absolute Gasteiger partial charge is 0.480 e. The van der Waals surface area contributed by atoms with E-state index in [1.54, 1.807) is 24.3 Å². The molecule has 3 aromatic rings. The van der Waals surface area contributed by atoms with Gasteiger partial charge >= 0.3 is 0 Å². The second-order valence-electron chi connectivity index (χ2n) is 7.85. The highest BCUT2D eigenvalue weighted by atomic mass is 16.5. The minimum absolute atomic E-state index is 0.163. The molecule has 3 aromatic carbocycles. The normalized spacial score (nSPS) is 12.5. The van der Waals surface area contributed by atoms with E-state index >= 15 is 0 Å². The highest BCUT2D eigenvalue weighted by Crippen LogP contribution is 2.24. The molecule has 2 N–H and O–H groups in total. The first-order chi connectivity index (χ1) is 15.4. The van der Waals surface area contributed by atoms with E-state index in [1.807, 2.05) is 76.2 Å². The van der Waals surface area contributed by atoms with Gasteiger partial charge in [-0.1, -0.05) is 61.5 Å². The molecule has 0 aliphatic rings. The molecule has 0 saturated heterocycles. The van der Waals surface area contributed by atoms with Gasteiger partial charge in [-0.05, 0) is 62.1 Å². The molecule has 0 aliphatic heterocycles. The van der Waals surface area contributed by atoms with Gasteiger partial charge in [0.05, 0.1) is 17.3 Å². The fraction of sp³-hybridized carbons (Fsp3) is 0.259. The molecule has 5 nitrogen and oxygen atoms in total. The van der Waals surface area contributed by atoms with E-state index in [1.165, 1.54) is 0 Å². The van der Waals surface area contributed by atoms with Crippen molar-refractivity contribution in [2.45, 2.75) is 46.3 Å². The van der Waals surface area contributed by atoms with Crippen LogP contribution in [-0.2, 0) is 4.79 Å². The summed E-state index contributed by atoms with van der Waals surface area (Å²) >= 11 is 0. The fourth-order valence-corrected chi connectivity index (χ4v) is 3.43. The maximum Gasteiger partial charge on any atom is 0.265 e. The molecule has 0 aromatic heterocycles. The quantitative estimate of drug-likeness (QED) is 0.489. The second-order valence-corrected chi connectivity index (χ2v) is 7.85. The van der Waals surface area contributed by atoms with Gasteiger partial charge in [0.1, 0.15) is 5.75 Å². The zero-order valence-electron chi connectivity index (χ0n) is 19.0. The maximum atomic E-state index is 13.0. The molecule has 0 spiro atoms. The molecule has 0 radical (unpaired) electrons. The highest BCUT2D eigenvalue weighted by Gasteiger charge is 2.22. The summed E-state index contributed by atoms with van der Waals surface area (Å²) in [5, 5.41) is 5.89. The minimum atomic E-state index is -0.671. The Bertz CT molecular complexity index is 1080.